The van der Waals surface area contributed by atoms with Gasteiger partial charge in [0.15, 0.2) is 0 Å². The van der Waals surface area contributed by atoms with E-state index in [4.69, 9.17) is 9.47 Å². The molecule has 0 saturated heterocycles. The molecular formula is C15H26O5S. The number of hydrogen-bond donors (Lipinski definition) is 1. The molecule has 122 valence electrons. The summed E-state index contributed by atoms with van der Waals surface area (Å²) < 4.78 is 9.84. The average Bonchev–Trinajstić information content (AvgIpc) is 2.46. The van der Waals surface area contributed by atoms with Crippen LogP contribution >= 0.6 is 11.8 Å². The lowest BCUT2D eigenvalue weighted by Gasteiger charge is -2.08. The van der Waals surface area contributed by atoms with Crippen molar-refractivity contribution in [2.75, 3.05) is 24.7 Å². The van der Waals surface area contributed by atoms with Crippen LogP contribution in [-0.2, 0) is 19.1 Å². The molecule has 1 unspecified atom stereocenters. The largest absolute Gasteiger partial charge is 0.466 e. The van der Waals surface area contributed by atoms with Gasteiger partial charge in [-0.1, -0.05) is 13.5 Å². The third-order valence-corrected chi connectivity index (χ3v) is 3.83. The second kappa shape index (κ2) is 12.7. The number of aliphatic hydroxyl groups is 1. The fourth-order valence-electron chi connectivity index (χ4n) is 1.39. The van der Waals surface area contributed by atoms with Crippen LogP contribution in [0.25, 0.3) is 0 Å². The normalized spacial score (nSPS) is 11.8. The first-order valence-corrected chi connectivity index (χ1v) is 8.43. The van der Waals surface area contributed by atoms with Crippen LogP contribution in [-0.4, -0.2) is 47.9 Å². The molecule has 0 radical (unpaired) electrons. The molecule has 0 rings (SSSR count). The summed E-state index contributed by atoms with van der Waals surface area (Å²) in [6, 6.07) is 0. The van der Waals surface area contributed by atoms with Crippen LogP contribution < -0.4 is 0 Å². The molecule has 1 N–H and O–H groups in total. The van der Waals surface area contributed by atoms with Gasteiger partial charge in [0.05, 0.1) is 19.3 Å². The van der Waals surface area contributed by atoms with Gasteiger partial charge in [0.25, 0.3) is 0 Å². The van der Waals surface area contributed by atoms with Crippen LogP contribution in [0, 0.1) is 0 Å². The van der Waals surface area contributed by atoms with Crippen LogP contribution in [0.5, 0.6) is 0 Å². The van der Waals surface area contributed by atoms with E-state index < -0.39 is 6.10 Å². The number of thioether (sulfide) groups is 1. The molecule has 0 heterocycles. The number of esters is 2. The fraction of sp³-hybridized carbons (Fsp3) is 0.733. The van der Waals surface area contributed by atoms with Crippen molar-refractivity contribution in [1.29, 1.82) is 0 Å². The van der Waals surface area contributed by atoms with E-state index in [1.807, 2.05) is 6.92 Å². The maximum atomic E-state index is 11.4. The molecule has 5 nitrogen and oxygen atoms in total. The molecule has 0 aromatic heterocycles. The van der Waals surface area contributed by atoms with Crippen LogP contribution in [0.3, 0.4) is 0 Å². The van der Waals surface area contributed by atoms with Crippen molar-refractivity contribution in [2.45, 2.75) is 45.6 Å². The van der Waals surface area contributed by atoms with Crippen LogP contribution in [0.4, 0.5) is 0 Å². The predicted molar refractivity (Wildman–Crippen MR) is 84.2 cm³/mol. The first kappa shape index (κ1) is 20.0. The van der Waals surface area contributed by atoms with Gasteiger partial charge in [0.1, 0.15) is 0 Å². The number of carbonyl (C=O) groups excluding carboxylic acids is 2. The van der Waals surface area contributed by atoms with Gasteiger partial charge in [0, 0.05) is 24.2 Å². The lowest BCUT2D eigenvalue weighted by Crippen LogP contribution is -2.12. The summed E-state index contributed by atoms with van der Waals surface area (Å²) in [7, 11) is 0. The zero-order chi connectivity index (χ0) is 16.1. The molecule has 21 heavy (non-hydrogen) atoms. The molecule has 0 fully saturated rings. The predicted octanol–water partition coefficient (Wildman–Crippen LogP) is 2.32. The Morgan fingerprint density at radius 1 is 1.29 bits per heavy atom. The highest BCUT2D eigenvalue weighted by Crippen LogP contribution is 2.11. The van der Waals surface area contributed by atoms with E-state index in [-0.39, 0.29) is 18.5 Å². The maximum Gasteiger partial charge on any atom is 0.334 e. The maximum absolute atomic E-state index is 11.4. The van der Waals surface area contributed by atoms with E-state index in [1.54, 1.807) is 18.7 Å². The Morgan fingerprint density at radius 2 is 2.00 bits per heavy atom. The highest BCUT2D eigenvalue weighted by Gasteiger charge is 2.08. The zero-order valence-electron chi connectivity index (χ0n) is 12.9. The first-order valence-electron chi connectivity index (χ1n) is 7.27. The van der Waals surface area contributed by atoms with E-state index in [2.05, 4.69) is 6.58 Å². The minimum atomic E-state index is -0.401. The topological polar surface area (TPSA) is 72.8 Å². The highest BCUT2D eigenvalue weighted by atomic mass is 32.2. The van der Waals surface area contributed by atoms with Crippen LogP contribution in [0.1, 0.15) is 39.5 Å². The SMILES string of the molecule is C=C(CSCCCC(=O)OCCC(O)CC)C(=O)OCC. The Kier molecular flexibility index (Phi) is 12.1. The van der Waals surface area contributed by atoms with E-state index >= 15 is 0 Å². The molecule has 0 aliphatic rings. The van der Waals surface area contributed by atoms with Gasteiger partial charge in [-0.25, -0.2) is 4.79 Å². The number of carbonyl (C=O) groups is 2. The first-order chi connectivity index (χ1) is 10.0. The summed E-state index contributed by atoms with van der Waals surface area (Å²) in [6.07, 6.45) is 1.79. The van der Waals surface area contributed by atoms with Gasteiger partial charge in [-0.3, -0.25) is 4.79 Å². The van der Waals surface area contributed by atoms with Crippen LogP contribution in [0.2, 0.25) is 0 Å². The lowest BCUT2D eigenvalue weighted by molar-refractivity contribution is -0.144. The summed E-state index contributed by atoms with van der Waals surface area (Å²) in [5.74, 6) is 0.656. The Morgan fingerprint density at radius 3 is 2.62 bits per heavy atom. The fourth-order valence-corrected chi connectivity index (χ4v) is 2.25. The molecule has 0 aliphatic carbocycles. The van der Waals surface area contributed by atoms with Crippen molar-refractivity contribution >= 4 is 23.7 Å². The van der Waals surface area contributed by atoms with Gasteiger partial charge in [-0.2, -0.15) is 11.8 Å². The van der Waals surface area contributed by atoms with Gasteiger partial charge >= 0.3 is 11.9 Å². The number of rotatable bonds is 12. The number of ether oxygens (including phenoxy) is 2. The molecular weight excluding hydrogens is 292 g/mol. The van der Waals surface area contributed by atoms with Crippen molar-refractivity contribution in [3.05, 3.63) is 12.2 Å². The van der Waals surface area contributed by atoms with E-state index in [0.29, 0.717) is 43.6 Å². The Bertz CT molecular complexity index is 330. The molecule has 1 atom stereocenters. The van der Waals surface area contributed by atoms with Crippen molar-refractivity contribution in [1.82, 2.24) is 0 Å². The van der Waals surface area contributed by atoms with E-state index in [1.165, 1.54) is 0 Å². The second-order valence-corrected chi connectivity index (χ2v) is 5.66. The van der Waals surface area contributed by atoms with Crippen molar-refractivity contribution in [2.24, 2.45) is 0 Å². The quantitative estimate of drug-likeness (QED) is 0.338. The molecule has 0 saturated carbocycles. The Balaban J connectivity index is 3.52. The van der Waals surface area contributed by atoms with Crippen LogP contribution in [0.15, 0.2) is 12.2 Å². The van der Waals surface area contributed by atoms with E-state index in [9.17, 15) is 14.7 Å². The number of hydrogen-bond acceptors (Lipinski definition) is 6. The van der Waals surface area contributed by atoms with Crippen molar-refractivity contribution in [3.63, 3.8) is 0 Å². The molecule has 0 aromatic rings. The average molecular weight is 318 g/mol. The third kappa shape index (κ3) is 11.3. The van der Waals surface area contributed by atoms with Gasteiger partial charge in [-0.15, -0.1) is 0 Å². The number of aliphatic hydroxyl groups excluding tert-OH is 1. The molecule has 0 aliphatic heterocycles. The lowest BCUT2D eigenvalue weighted by atomic mass is 10.2. The van der Waals surface area contributed by atoms with Gasteiger partial charge in [-0.05, 0) is 25.5 Å². The molecule has 0 aromatic carbocycles. The Labute approximate surface area is 131 Å². The molecule has 6 heteroatoms. The smallest absolute Gasteiger partial charge is 0.334 e. The zero-order valence-corrected chi connectivity index (χ0v) is 13.7. The summed E-state index contributed by atoms with van der Waals surface area (Å²) in [6.45, 7) is 7.91. The van der Waals surface area contributed by atoms with Gasteiger partial charge in [0.2, 0.25) is 0 Å². The van der Waals surface area contributed by atoms with Crippen molar-refractivity contribution < 1.29 is 24.2 Å². The summed E-state index contributed by atoms with van der Waals surface area (Å²) in [4.78, 5) is 22.7. The summed E-state index contributed by atoms with van der Waals surface area (Å²) in [5.41, 5.74) is 0.443. The summed E-state index contributed by atoms with van der Waals surface area (Å²) >= 11 is 1.54. The Hall–Kier alpha value is -1.01. The second-order valence-electron chi connectivity index (χ2n) is 4.55. The minimum absolute atomic E-state index is 0.247. The monoisotopic (exact) mass is 318 g/mol. The standard InChI is InChI=1S/C15H26O5S/c1-4-13(16)8-9-20-14(17)7-6-10-21-11-12(3)15(18)19-5-2/h13,16H,3-11H2,1-2H3. The van der Waals surface area contributed by atoms with Gasteiger partial charge < -0.3 is 14.6 Å². The third-order valence-electron chi connectivity index (χ3n) is 2.70. The molecule has 0 bridgehead atoms. The van der Waals surface area contributed by atoms with Crippen molar-refractivity contribution in [3.8, 4) is 0 Å². The highest BCUT2D eigenvalue weighted by molar-refractivity contribution is 7.99. The molecule has 0 spiro atoms. The summed E-state index contributed by atoms with van der Waals surface area (Å²) in [5, 5.41) is 9.31. The molecule has 0 amide bonds. The van der Waals surface area contributed by atoms with E-state index in [0.717, 1.165) is 5.75 Å². The minimum Gasteiger partial charge on any atom is -0.466 e.